The molecule has 0 spiro atoms. The van der Waals surface area contributed by atoms with E-state index in [0.717, 1.165) is 5.56 Å². The van der Waals surface area contributed by atoms with Gasteiger partial charge in [-0.15, -0.1) is 0 Å². The number of aromatic nitrogens is 2. The van der Waals surface area contributed by atoms with Crippen molar-refractivity contribution in [1.29, 1.82) is 0 Å². The van der Waals surface area contributed by atoms with Crippen LogP contribution in [-0.2, 0) is 4.79 Å². The number of hydrogen-bond acceptors (Lipinski definition) is 5. The van der Waals surface area contributed by atoms with Crippen LogP contribution in [0.4, 0.5) is 0 Å². The molecule has 2 amide bonds. The number of allylic oxidation sites excluding steroid dienone is 1. The predicted molar refractivity (Wildman–Crippen MR) is 136 cm³/mol. The maximum atomic E-state index is 13.2. The van der Waals surface area contributed by atoms with Gasteiger partial charge in [0.15, 0.2) is 6.04 Å². The van der Waals surface area contributed by atoms with E-state index >= 15 is 0 Å². The van der Waals surface area contributed by atoms with E-state index in [1.54, 1.807) is 67.6 Å². The lowest BCUT2D eigenvalue weighted by Gasteiger charge is -2.18. The molecule has 3 N–H and O–H groups in total. The zero-order valence-corrected chi connectivity index (χ0v) is 18.9. The Kier molecular flexibility index (Phi) is 7.22. The summed E-state index contributed by atoms with van der Waals surface area (Å²) in [5, 5.41) is 14.2. The van der Waals surface area contributed by atoms with Gasteiger partial charge in [0, 0.05) is 10.9 Å². The van der Waals surface area contributed by atoms with Crippen LogP contribution in [0.25, 0.3) is 16.8 Å². The van der Waals surface area contributed by atoms with Crippen LogP contribution >= 0.6 is 0 Å². The van der Waals surface area contributed by atoms with Crippen LogP contribution in [-0.4, -0.2) is 27.7 Å². The van der Waals surface area contributed by atoms with E-state index in [4.69, 9.17) is 0 Å². The van der Waals surface area contributed by atoms with Gasteiger partial charge in [0.25, 0.3) is 17.4 Å². The summed E-state index contributed by atoms with van der Waals surface area (Å²) in [6.45, 7) is 1.74. The van der Waals surface area contributed by atoms with Crippen LogP contribution in [0, 0.1) is 0 Å². The standard InChI is InChI=1S/C27H23N5O3/c1-18(16-17-19-10-4-2-5-11-19)29-32-27(35)24(28-25(33)20-12-6-3-7-13-20)23-21-14-8-9-15-22(21)26(34)31-30-23/h2-17,24H,1H3,(H,28,33)(H,31,34)(H,32,35). The zero-order valence-electron chi connectivity index (χ0n) is 18.9. The summed E-state index contributed by atoms with van der Waals surface area (Å²) in [7, 11) is 0. The normalized spacial score (nSPS) is 12.4. The number of carbonyl (C=O) groups excluding carboxylic acids is 2. The Hall–Kier alpha value is -4.85. The van der Waals surface area contributed by atoms with Gasteiger partial charge >= 0.3 is 0 Å². The minimum Gasteiger partial charge on any atom is -0.335 e. The van der Waals surface area contributed by atoms with Crippen molar-refractivity contribution in [1.82, 2.24) is 20.9 Å². The van der Waals surface area contributed by atoms with Crippen molar-refractivity contribution in [2.24, 2.45) is 5.10 Å². The molecule has 35 heavy (non-hydrogen) atoms. The molecular formula is C27H23N5O3. The Labute approximate surface area is 201 Å². The first-order valence-electron chi connectivity index (χ1n) is 10.9. The molecule has 1 aromatic heterocycles. The summed E-state index contributed by atoms with van der Waals surface area (Å²) >= 11 is 0. The maximum absolute atomic E-state index is 13.2. The number of nitrogens with zero attached hydrogens (tertiary/aromatic N) is 2. The molecule has 3 aromatic carbocycles. The number of hydrazone groups is 1. The highest BCUT2D eigenvalue weighted by Crippen LogP contribution is 2.20. The molecular weight excluding hydrogens is 442 g/mol. The number of carbonyl (C=O) groups is 2. The van der Waals surface area contributed by atoms with Gasteiger partial charge in [-0.3, -0.25) is 14.4 Å². The van der Waals surface area contributed by atoms with Crippen LogP contribution in [0.2, 0.25) is 0 Å². The fraction of sp³-hybridized carbons (Fsp3) is 0.0741. The molecule has 0 aliphatic heterocycles. The second-order valence-corrected chi connectivity index (χ2v) is 7.73. The average Bonchev–Trinajstić information content (AvgIpc) is 2.91. The summed E-state index contributed by atoms with van der Waals surface area (Å²) in [5.41, 5.74) is 4.24. The van der Waals surface area contributed by atoms with Crippen molar-refractivity contribution in [3.8, 4) is 0 Å². The summed E-state index contributed by atoms with van der Waals surface area (Å²) in [6, 6.07) is 23.7. The van der Waals surface area contributed by atoms with E-state index in [2.05, 4.69) is 26.0 Å². The molecule has 0 bridgehead atoms. The molecule has 1 unspecified atom stereocenters. The number of aromatic amines is 1. The first-order chi connectivity index (χ1) is 17.0. The SMILES string of the molecule is CC(C=Cc1ccccc1)=NNC(=O)C(NC(=O)c1ccccc1)c1n[nH]c(=O)c2ccccc12. The third kappa shape index (κ3) is 5.75. The van der Waals surface area contributed by atoms with Crippen LogP contribution < -0.4 is 16.3 Å². The van der Waals surface area contributed by atoms with E-state index in [0.29, 0.717) is 22.0 Å². The number of amides is 2. The molecule has 0 aliphatic carbocycles. The number of fused-ring (bicyclic) bond motifs is 1. The molecule has 4 rings (SSSR count). The van der Waals surface area contributed by atoms with Crippen LogP contribution in [0.5, 0.6) is 0 Å². The Balaban J connectivity index is 1.63. The van der Waals surface area contributed by atoms with E-state index in [-0.39, 0.29) is 5.69 Å². The van der Waals surface area contributed by atoms with Crippen molar-refractivity contribution in [3.63, 3.8) is 0 Å². The Morgan fingerprint density at radius 3 is 2.26 bits per heavy atom. The minimum absolute atomic E-state index is 0.203. The molecule has 0 saturated carbocycles. The topological polar surface area (TPSA) is 116 Å². The van der Waals surface area contributed by atoms with Crippen molar-refractivity contribution in [3.05, 3.63) is 118 Å². The van der Waals surface area contributed by atoms with Crippen molar-refractivity contribution < 1.29 is 9.59 Å². The second-order valence-electron chi connectivity index (χ2n) is 7.73. The van der Waals surface area contributed by atoms with E-state index in [1.807, 2.05) is 36.4 Å². The average molecular weight is 466 g/mol. The van der Waals surface area contributed by atoms with Gasteiger partial charge in [-0.05, 0) is 36.8 Å². The fourth-order valence-electron chi connectivity index (χ4n) is 3.44. The lowest BCUT2D eigenvalue weighted by Crippen LogP contribution is -2.40. The third-order valence-electron chi connectivity index (χ3n) is 5.23. The van der Waals surface area contributed by atoms with Gasteiger partial charge in [-0.2, -0.15) is 10.2 Å². The number of nitrogens with one attached hydrogen (secondary N) is 3. The first-order valence-corrected chi connectivity index (χ1v) is 10.9. The van der Waals surface area contributed by atoms with E-state index in [1.165, 1.54) is 0 Å². The van der Waals surface area contributed by atoms with Crippen molar-refractivity contribution in [2.45, 2.75) is 13.0 Å². The molecule has 8 nitrogen and oxygen atoms in total. The molecule has 0 aliphatic rings. The fourth-order valence-corrected chi connectivity index (χ4v) is 3.44. The summed E-state index contributed by atoms with van der Waals surface area (Å²) < 4.78 is 0. The minimum atomic E-state index is -1.21. The van der Waals surface area contributed by atoms with Gasteiger partial charge in [0.2, 0.25) is 0 Å². The lowest BCUT2D eigenvalue weighted by atomic mass is 10.0. The highest BCUT2D eigenvalue weighted by Gasteiger charge is 2.27. The summed E-state index contributed by atoms with van der Waals surface area (Å²) in [4.78, 5) is 38.4. The molecule has 174 valence electrons. The number of rotatable bonds is 7. The molecule has 4 aromatic rings. The predicted octanol–water partition coefficient (Wildman–Crippen LogP) is 3.60. The molecule has 0 fully saturated rings. The van der Waals surface area contributed by atoms with Crippen LogP contribution in [0.15, 0.2) is 101 Å². The molecule has 1 atom stereocenters. The number of H-pyrrole nitrogens is 1. The molecule has 0 radical (unpaired) electrons. The second kappa shape index (κ2) is 10.8. The molecule has 8 heteroatoms. The first kappa shape index (κ1) is 23.3. The van der Waals surface area contributed by atoms with Crippen molar-refractivity contribution in [2.75, 3.05) is 0 Å². The highest BCUT2D eigenvalue weighted by atomic mass is 16.2. The van der Waals surface area contributed by atoms with Gasteiger partial charge in [0.05, 0.1) is 11.1 Å². The summed E-state index contributed by atoms with van der Waals surface area (Å²) in [5.74, 6) is -1.07. The van der Waals surface area contributed by atoms with Gasteiger partial charge in [0.1, 0.15) is 5.69 Å². The monoisotopic (exact) mass is 465 g/mol. The van der Waals surface area contributed by atoms with E-state index < -0.39 is 23.4 Å². The largest absolute Gasteiger partial charge is 0.335 e. The zero-order chi connectivity index (χ0) is 24.6. The van der Waals surface area contributed by atoms with Crippen LogP contribution in [0.1, 0.15) is 34.6 Å². The molecule has 1 heterocycles. The van der Waals surface area contributed by atoms with E-state index in [9.17, 15) is 14.4 Å². The smallest absolute Gasteiger partial charge is 0.272 e. The Bertz CT molecular complexity index is 1460. The molecule has 0 saturated heterocycles. The quantitative estimate of drug-likeness (QED) is 0.286. The Morgan fingerprint density at radius 2 is 1.54 bits per heavy atom. The lowest BCUT2D eigenvalue weighted by molar-refractivity contribution is -0.123. The van der Waals surface area contributed by atoms with Gasteiger partial charge < -0.3 is 5.32 Å². The highest BCUT2D eigenvalue weighted by molar-refractivity contribution is 6.00. The van der Waals surface area contributed by atoms with Crippen LogP contribution in [0.3, 0.4) is 0 Å². The third-order valence-corrected chi connectivity index (χ3v) is 5.23. The van der Waals surface area contributed by atoms with Gasteiger partial charge in [-0.25, -0.2) is 10.5 Å². The summed E-state index contributed by atoms with van der Waals surface area (Å²) in [6.07, 6.45) is 3.64. The maximum Gasteiger partial charge on any atom is 0.272 e. The number of benzene rings is 3. The van der Waals surface area contributed by atoms with Gasteiger partial charge in [-0.1, -0.05) is 72.8 Å². The van der Waals surface area contributed by atoms with Crippen molar-refractivity contribution >= 4 is 34.4 Å². The number of hydrogen-bond donors (Lipinski definition) is 3. The Morgan fingerprint density at radius 1 is 0.914 bits per heavy atom.